The van der Waals surface area contributed by atoms with E-state index in [1.165, 1.54) is 11.3 Å². The number of aromatic nitrogens is 1. The van der Waals surface area contributed by atoms with Crippen molar-refractivity contribution in [1.29, 1.82) is 0 Å². The van der Waals surface area contributed by atoms with Crippen molar-refractivity contribution in [3.8, 4) is 0 Å². The molecule has 0 amide bonds. The summed E-state index contributed by atoms with van der Waals surface area (Å²) < 4.78 is 0.973. The molecule has 16 heavy (non-hydrogen) atoms. The minimum atomic E-state index is -0.823. The first-order valence-electron chi connectivity index (χ1n) is 5.16. The van der Waals surface area contributed by atoms with Crippen LogP contribution in [-0.4, -0.2) is 21.8 Å². The largest absolute Gasteiger partial charge is 0.481 e. The van der Waals surface area contributed by atoms with Gasteiger partial charge in [-0.25, -0.2) is 4.98 Å². The summed E-state index contributed by atoms with van der Waals surface area (Å²) in [6.45, 7) is 6.64. The Hall–Kier alpha value is -0.550. The molecule has 1 rings (SSSR count). The smallest absolute Gasteiger partial charge is 0.309 e. The van der Waals surface area contributed by atoms with Gasteiger partial charge in [0.15, 0.2) is 0 Å². The molecule has 0 spiro atoms. The van der Waals surface area contributed by atoms with Gasteiger partial charge in [-0.15, -0.1) is 11.3 Å². The van der Waals surface area contributed by atoms with Crippen LogP contribution in [0, 0.1) is 5.41 Å². The van der Waals surface area contributed by atoms with E-state index >= 15 is 0 Å². The molecule has 0 fully saturated rings. The Balaban J connectivity index is 2.38. The van der Waals surface area contributed by atoms with Gasteiger partial charge in [0.1, 0.15) is 4.34 Å². The highest BCUT2D eigenvalue weighted by Gasteiger charge is 2.11. The van der Waals surface area contributed by atoms with Gasteiger partial charge in [0.25, 0.3) is 0 Å². The number of carbonyl (C=O) groups is 1. The predicted octanol–water partition coefficient (Wildman–Crippen LogP) is 3.30. The Labute approximate surface area is 104 Å². The summed E-state index contributed by atoms with van der Waals surface area (Å²) in [5.74, 6) is 0.209. The third kappa shape index (κ3) is 5.51. The number of thiazole rings is 1. The topological polar surface area (TPSA) is 50.2 Å². The van der Waals surface area contributed by atoms with E-state index in [2.05, 4.69) is 25.8 Å². The molecule has 0 aromatic carbocycles. The van der Waals surface area contributed by atoms with Gasteiger partial charge in [0.05, 0.1) is 12.1 Å². The molecule has 5 heteroatoms. The maximum atomic E-state index is 10.5. The van der Waals surface area contributed by atoms with Gasteiger partial charge in [-0.1, -0.05) is 32.5 Å². The number of thioether (sulfide) groups is 1. The average molecular weight is 259 g/mol. The van der Waals surface area contributed by atoms with Crippen LogP contribution < -0.4 is 0 Å². The summed E-state index contributed by atoms with van der Waals surface area (Å²) in [4.78, 5) is 14.8. The third-order valence-corrected chi connectivity index (χ3v) is 4.01. The van der Waals surface area contributed by atoms with Crippen molar-refractivity contribution in [2.75, 3.05) is 5.75 Å². The predicted molar refractivity (Wildman–Crippen MR) is 68.2 cm³/mol. The zero-order valence-electron chi connectivity index (χ0n) is 9.82. The van der Waals surface area contributed by atoms with Crippen LogP contribution in [0.1, 0.15) is 32.9 Å². The van der Waals surface area contributed by atoms with Gasteiger partial charge in [0.2, 0.25) is 0 Å². The summed E-state index contributed by atoms with van der Waals surface area (Å²) in [7, 11) is 0. The molecule has 1 aromatic rings. The molecule has 0 bridgehead atoms. The number of rotatable bonds is 5. The van der Waals surface area contributed by atoms with Crippen molar-refractivity contribution in [3.05, 3.63) is 11.1 Å². The SMILES string of the molecule is CC(C)(C)CCSc1nc(CC(=O)O)cs1. The second kappa shape index (κ2) is 5.68. The van der Waals surface area contributed by atoms with Gasteiger partial charge in [0, 0.05) is 11.1 Å². The van der Waals surface area contributed by atoms with Crippen molar-refractivity contribution in [3.63, 3.8) is 0 Å². The molecule has 0 radical (unpaired) electrons. The Morgan fingerprint density at radius 3 is 2.81 bits per heavy atom. The molecule has 3 nitrogen and oxygen atoms in total. The number of nitrogens with zero attached hydrogens (tertiary/aromatic N) is 1. The average Bonchev–Trinajstić information content (AvgIpc) is 2.49. The molecule has 1 aromatic heterocycles. The van der Waals surface area contributed by atoms with Crippen molar-refractivity contribution >= 4 is 29.1 Å². The lowest BCUT2D eigenvalue weighted by Gasteiger charge is -2.16. The molecule has 1 heterocycles. The van der Waals surface area contributed by atoms with Crippen molar-refractivity contribution < 1.29 is 9.90 Å². The third-order valence-electron chi connectivity index (χ3n) is 1.94. The highest BCUT2D eigenvalue weighted by molar-refractivity contribution is 8.01. The summed E-state index contributed by atoms with van der Waals surface area (Å²) in [5, 5.41) is 10.4. The lowest BCUT2D eigenvalue weighted by atomic mass is 9.94. The zero-order valence-corrected chi connectivity index (χ0v) is 11.5. The molecule has 0 unspecified atom stereocenters. The molecule has 0 aliphatic heterocycles. The minimum absolute atomic E-state index is 0.0241. The monoisotopic (exact) mass is 259 g/mol. The van der Waals surface area contributed by atoms with Gasteiger partial charge in [-0.3, -0.25) is 4.79 Å². The minimum Gasteiger partial charge on any atom is -0.481 e. The fraction of sp³-hybridized carbons (Fsp3) is 0.636. The van der Waals surface area contributed by atoms with Gasteiger partial charge >= 0.3 is 5.97 Å². The Kier molecular flexibility index (Phi) is 4.80. The normalized spacial score (nSPS) is 11.7. The second-order valence-electron chi connectivity index (χ2n) is 4.83. The number of aliphatic carboxylic acids is 1. The number of carboxylic acid groups (broad SMARTS) is 1. The molecular formula is C11H17NO2S2. The van der Waals surface area contributed by atoms with Crippen molar-refractivity contribution in [2.24, 2.45) is 5.41 Å². The maximum absolute atomic E-state index is 10.5. The molecule has 1 N–H and O–H groups in total. The van der Waals surface area contributed by atoms with Gasteiger partial charge in [-0.2, -0.15) is 0 Å². The number of carboxylic acids is 1. The van der Waals surface area contributed by atoms with Crippen LogP contribution in [0.3, 0.4) is 0 Å². The lowest BCUT2D eigenvalue weighted by molar-refractivity contribution is -0.136. The Bertz CT molecular complexity index is 355. The summed E-state index contributed by atoms with van der Waals surface area (Å²) in [5.41, 5.74) is 1.00. The Morgan fingerprint density at radius 2 is 2.25 bits per heavy atom. The number of hydrogen-bond donors (Lipinski definition) is 1. The lowest BCUT2D eigenvalue weighted by Crippen LogP contribution is -2.05. The fourth-order valence-corrected chi connectivity index (χ4v) is 3.32. The molecular weight excluding hydrogens is 242 g/mol. The van der Waals surface area contributed by atoms with Crippen LogP contribution in [-0.2, 0) is 11.2 Å². The van der Waals surface area contributed by atoms with E-state index in [1.54, 1.807) is 11.8 Å². The van der Waals surface area contributed by atoms with E-state index in [1.807, 2.05) is 5.38 Å². The highest BCUT2D eigenvalue weighted by atomic mass is 32.2. The standard InChI is InChI=1S/C11H17NO2S2/c1-11(2,3)4-5-15-10-12-8(7-16-10)6-9(13)14/h7H,4-6H2,1-3H3,(H,13,14). The zero-order chi connectivity index (χ0) is 12.2. The van der Waals surface area contributed by atoms with E-state index in [9.17, 15) is 4.79 Å². The molecule has 0 atom stereocenters. The van der Waals surface area contributed by atoms with Crippen LogP contribution in [0.2, 0.25) is 0 Å². The fourth-order valence-electron chi connectivity index (χ4n) is 1.04. The summed E-state index contributed by atoms with van der Waals surface area (Å²) >= 11 is 3.24. The van der Waals surface area contributed by atoms with Crippen LogP contribution in [0.15, 0.2) is 9.72 Å². The maximum Gasteiger partial charge on any atom is 0.309 e. The summed E-state index contributed by atoms with van der Waals surface area (Å²) in [6, 6.07) is 0. The van der Waals surface area contributed by atoms with Gasteiger partial charge < -0.3 is 5.11 Å². The van der Waals surface area contributed by atoms with Gasteiger partial charge in [-0.05, 0) is 11.8 Å². The van der Waals surface area contributed by atoms with E-state index < -0.39 is 5.97 Å². The van der Waals surface area contributed by atoms with E-state index in [0.717, 1.165) is 16.5 Å². The first-order chi connectivity index (χ1) is 7.37. The van der Waals surface area contributed by atoms with E-state index in [4.69, 9.17) is 5.11 Å². The van der Waals surface area contributed by atoms with E-state index in [0.29, 0.717) is 11.1 Å². The van der Waals surface area contributed by atoms with Crippen LogP contribution in [0.25, 0.3) is 0 Å². The first-order valence-corrected chi connectivity index (χ1v) is 7.02. The second-order valence-corrected chi connectivity index (χ2v) is 7.03. The highest BCUT2D eigenvalue weighted by Crippen LogP contribution is 2.28. The van der Waals surface area contributed by atoms with Crippen LogP contribution in [0.4, 0.5) is 0 Å². The molecule has 0 aliphatic carbocycles. The molecule has 0 saturated heterocycles. The van der Waals surface area contributed by atoms with Crippen LogP contribution in [0.5, 0.6) is 0 Å². The first kappa shape index (κ1) is 13.5. The quantitative estimate of drug-likeness (QED) is 0.824. The van der Waals surface area contributed by atoms with E-state index in [-0.39, 0.29) is 6.42 Å². The summed E-state index contributed by atoms with van der Waals surface area (Å²) in [6.07, 6.45) is 1.15. The molecule has 0 aliphatic rings. The number of hydrogen-bond acceptors (Lipinski definition) is 4. The van der Waals surface area contributed by atoms with Crippen molar-refractivity contribution in [1.82, 2.24) is 4.98 Å². The van der Waals surface area contributed by atoms with Crippen LogP contribution >= 0.6 is 23.1 Å². The Morgan fingerprint density at radius 1 is 1.56 bits per heavy atom. The molecule has 0 saturated carbocycles. The van der Waals surface area contributed by atoms with Crippen molar-refractivity contribution in [2.45, 2.75) is 38.0 Å². The molecule has 90 valence electrons.